The highest BCUT2D eigenvalue weighted by atomic mass is 32.1. The number of ether oxygens (including phenoxy) is 1. The second-order valence-corrected chi connectivity index (χ2v) is 4.04. The minimum Gasteiger partial charge on any atom is -0.497 e. The Morgan fingerprint density at radius 3 is 2.61 bits per heavy atom. The van der Waals surface area contributed by atoms with Gasteiger partial charge in [0.2, 0.25) is 0 Å². The number of benzene rings is 1. The Bertz CT molecular complexity index is 555. The zero-order valence-corrected chi connectivity index (χ0v) is 10.6. The predicted molar refractivity (Wildman–Crippen MR) is 72.4 cm³/mol. The number of hydrogen-bond acceptors (Lipinski definition) is 4. The van der Waals surface area contributed by atoms with Gasteiger partial charge < -0.3 is 10.1 Å². The molecule has 1 aromatic carbocycles. The van der Waals surface area contributed by atoms with Crippen molar-refractivity contribution in [3.63, 3.8) is 0 Å². The van der Waals surface area contributed by atoms with Crippen LogP contribution in [0.2, 0.25) is 0 Å². The van der Waals surface area contributed by atoms with Gasteiger partial charge in [-0.05, 0) is 36.4 Å². The summed E-state index contributed by atoms with van der Waals surface area (Å²) in [6.45, 7) is 0. The number of hydrogen-bond donors (Lipinski definition) is 2. The molecule has 0 aliphatic rings. The lowest BCUT2D eigenvalue weighted by molar-refractivity contribution is 0.101. The molecule has 1 heterocycles. The van der Waals surface area contributed by atoms with E-state index in [1.165, 1.54) is 0 Å². The van der Waals surface area contributed by atoms with Crippen LogP contribution in [0.25, 0.3) is 0 Å². The summed E-state index contributed by atoms with van der Waals surface area (Å²) in [6.07, 6.45) is 1.56. The highest BCUT2D eigenvalue weighted by Gasteiger charge is 2.10. The second kappa shape index (κ2) is 5.55. The zero-order valence-electron chi connectivity index (χ0n) is 9.75. The number of nitrogens with one attached hydrogen (secondary N) is 1. The molecule has 5 heteroatoms. The quantitative estimate of drug-likeness (QED) is 0.834. The Hall–Kier alpha value is -2.01. The van der Waals surface area contributed by atoms with E-state index in [1.54, 1.807) is 49.7 Å². The highest BCUT2D eigenvalue weighted by molar-refractivity contribution is 7.80. The van der Waals surface area contributed by atoms with Gasteiger partial charge in [-0.3, -0.25) is 4.79 Å². The van der Waals surface area contributed by atoms with E-state index in [4.69, 9.17) is 4.74 Å². The molecule has 0 radical (unpaired) electrons. The first-order valence-electron chi connectivity index (χ1n) is 5.30. The first kappa shape index (κ1) is 12.4. The van der Waals surface area contributed by atoms with Crippen molar-refractivity contribution in [1.29, 1.82) is 0 Å². The SMILES string of the molecule is COc1ccc(NC(=O)c2ncccc2S)cc1. The monoisotopic (exact) mass is 260 g/mol. The normalized spacial score (nSPS) is 9.89. The lowest BCUT2D eigenvalue weighted by Crippen LogP contribution is -2.14. The van der Waals surface area contributed by atoms with E-state index in [9.17, 15) is 4.79 Å². The molecule has 1 amide bonds. The van der Waals surface area contributed by atoms with Gasteiger partial charge in [0.05, 0.1) is 7.11 Å². The van der Waals surface area contributed by atoms with E-state index in [-0.39, 0.29) is 5.91 Å². The van der Waals surface area contributed by atoms with Crippen molar-refractivity contribution in [2.75, 3.05) is 12.4 Å². The minimum absolute atomic E-state index is 0.286. The summed E-state index contributed by atoms with van der Waals surface area (Å²) in [5, 5.41) is 2.74. The van der Waals surface area contributed by atoms with Crippen LogP contribution in [-0.4, -0.2) is 18.0 Å². The number of thiol groups is 1. The molecule has 1 aromatic heterocycles. The number of pyridine rings is 1. The second-order valence-electron chi connectivity index (χ2n) is 3.55. The van der Waals surface area contributed by atoms with Crippen LogP contribution in [-0.2, 0) is 0 Å². The third-order valence-electron chi connectivity index (χ3n) is 2.35. The van der Waals surface area contributed by atoms with Crippen LogP contribution in [0.4, 0.5) is 5.69 Å². The topological polar surface area (TPSA) is 51.2 Å². The summed E-state index contributed by atoms with van der Waals surface area (Å²) in [5.74, 6) is 0.450. The summed E-state index contributed by atoms with van der Waals surface area (Å²) in [6, 6.07) is 10.5. The molecule has 92 valence electrons. The summed E-state index contributed by atoms with van der Waals surface area (Å²) in [4.78, 5) is 16.5. The van der Waals surface area contributed by atoms with Crippen LogP contribution >= 0.6 is 12.6 Å². The molecular weight excluding hydrogens is 248 g/mol. The number of nitrogens with zero attached hydrogens (tertiary/aromatic N) is 1. The third kappa shape index (κ3) is 2.81. The Labute approximate surface area is 110 Å². The molecule has 0 aliphatic heterocycles. The maximum atomic E-state index is 11.9. The van der Waals surface area contributed by atoms with Gasteiger partial charge >= 0.3 is 0 Å². The molecule has 18 heavy (non-hydrogen) atoms. The van der Waals surface area contributed by atoms with Crippen LogP contribution in [0, 0.1) is 0 Å². The maximum absolute atomic E-state index is 11.9. The Morgan fingerprint density at radius 2 is 2.00 bits per heavy atom. The fourth-order valence-electron chi connectivity index (χ4n) is 1.44. The maximum Gasteiger partial charge on any atom is 0.275 e. The predicted octanol–water partition coefficient (Wildman–Crippen LogP) is 2.63. The van der Waals surface area contributed by atoms with Gasteiger partial charge in [-0.15, -0.1) is 12.6 Å². The Kier molecular flexibility index (Phi) is 3.84. The van der Waals surface area contributed by atoms with Crippen molar-refractivity contribution in [2.24, 2.45) is 0 Å². The molecule has 2 rings (SSSR count). The van der Waals surface area contributed by atoms with E-state index in [2.05, 4.69) is 22.9 Å². The molecule has 0 atom stereocenters. The lowest BCUT2D eigenvalue weighted by Gasteiger charge is -2.06. The van der Waals surface area contributed by atoms with Crippen molar-refractivity contribution in [3.8, 4) is 5.75 Å². The van der Waals surface area contributed by atoms with Crippen LogP contribution in [0.15, 0.2) is 47.5 Å². The fourth-order valence-corrected chi connectivity index (χ4v) is 1.68. The highest BCUT2D eigenvalue weighted by Crippen LogP contribution is 2.17. The molecule has 0 saturated carbocycles. The number of carbonyl (C=O) groups excluding carboxylic acids is 1. The van der Waals surface area contributed by atoms with Gasteiger partial charge in [-0.2, -0.15) is 0 Å². The van der Waals surface area contributed by atoms with Gasteiger partial charge in [0.15, 0.2) is 0 Å². The van der Waals surface area contributed by atoms with E-state index in [1.807, 2.05) is 0 Å². The smallest absolute Gasteiger partial charge is 0.275 e. The van der Waals surface area contributed by atoms with Gasteiger partial charge in [0.1, 0.15) is 11.4 Å². The van der Waals surface area contributed by atoms with Gasteiger partial charge in [-0.25, -0.2) is 4.98 Å². The number of rotatable bonds is 3. The largest absolute Gasteiger partial charge is 0.497 e. The number of anilines is 1. The summed E-state index contributed by atoms with van der Waals surface area (Å²) < 4.78 is 5.04. The molecule has 1 N–H and O–H groups in total. The molecule has 0 unspecified atom stereocenters. The standard InChI is InChI=1S/C13H12N2O2S/c1-17-10-6-4-9(5-7-10)15-13(16)12-11(18)3-2-8-14-12/h2-8,18H,1H3,(H,15,16). The van der Waals surface area contributed by atoms with E-state index < -0.39 is 0 Å². The Balaban J connectivity index is 2.14. The Morgan fingerprint density at radius 1 is 1.28 bits per heavy atom. The molecule has 0 bridgehead atoms. The van der Waals surface area contributed by atoms with Crippen LogP contribution < -0.4 is 10.1 Å². The number of methoxy groups -OCH3 is 1. The zero-order chi connectivity index (χ0) is 13.0. The van der Waals surface area contributed by atoms with Crippen LogP contribution in [0.3, 0.4) is 0 Å². The minimum atomic E-state index is -0.286. The van der Waals surface area contributed by atoms with Crippen molar-refractivity contribution >= 4 is 24.2 Å². The summed E-state index contributed by atoms with van der Waals surface area (Å²) in [5.41, 5.74) is 0.982. The van der Waals surface area contributed by atoms with Crippen molar-refractivity contribution in [1.82, 2.24) is 4.98 Å². The molecule has 0 saturated heterocycles. The number of carbonyl (C=O) groups is 1. The fraction of sp³-hybridized carbons (Fsp3) is 0.0769. The van der Waals surface area contributed by atoms with Gasteiger partial charge in [0.25, 0.3) is 5.91 Å². The average molecular weight is 260 g/mol. The lowest BCUT2D eigenvalue weighted by atomic mass is 10.3. The van der Waals surface area contributed by atoms with Gasteiger partial charge in [0, 0.05) is 16.8 Å². The number of amides is 1. The van der Waals surface area contributed by atoms with E-state index >= 15 is 0 Å². The van der Waals surface area contributed by atoms with E-state index in [0.717, 1.165) is 5.75 Å². The van der Waals surface area contributed by atoms with Gasteiger partial charge in [-0.1, -0.05) is 0 Å². The molecule has 0 aliphatic carbocycles. The summed E-state index contributed by atoms with van der Waals surface area (Å²) >= 11 is 4.19. The molecule has 0 spiro atoms. The van der Waals surface area contributed by atoms with Crippen molar-refractivity contribution < 1.29 is 9.53 Å². The number of aromatic nitrogens is 1. The average Bonchev–Trinajstić information content (AvgIpc) is 2.40. The van der Waals surface area contributed by atoms with Crippen LogP contribution in [0.1, 0.15) is 10.5 Å². The van der Waals surface area contributed by atoms with Crippen LogP contribution in [0.5, 0.6) is 5.75 Å². The van der Waals surface area contributed by atoms with E-state index in [0.29, 0.717) is 16.3 Å². The summed E-state index contributed by atoms with van der Waals surface area (Å²) in [7, 11) is 1.59. The first-order valence-corrected chi connectivity index (χ1v) is 5.75. The first-order chi connectivity index (χ1) is 8.70. The molecule has 0 fully saturated rings. The molecular formula is C13H12N2O2S. The molecule has 2 aromatic rings. The van der Waals surface area contributed by atoms with Crippen molar-refractivity contribution in [3.05, 3.63) is 48.3 Å². The van der Waals surface area contributed by atoms with Crippen molar-refractivity contribution in [2.45, 2.75) is 4.90 Å². The third-order valence-corrected chi connectivity index (χ3v) is 2.71. The molecule has 4 nitrogen and oxygen atoms in total.